The molecule has 0 atom stereocenters. The van der Waals surface area contributed by atoms with Crippen molar-refractivity contribution in [3.63, 3.8) is 0 Å². The summed E-state index contributed by atoms with van der Waals surface area (Å²) >= 11 is 6.27. The fourth-order valence-corrected chi connectivity index (χ4v) is 7.11. The van der Waals surface area contributed by atoms with Gasteiger partial charge in [-0.1, -0.05) is 78.8 Å². The summed E-state index contributed by atoms with van der Waals surface area (Å²) in [6, 6.07) is 28.8. The first-order valence-electron chi connectivity index (χ1n) is 7.47. The van der Waals surface area contributed by atoms with E-state index in [1.54, 1.807) is 6.07 Å². The van der Waals surface area contributed by atoms with Crippen LogP contribution in [0.3, 0.4) is 0 Å². The number of rotatable bonds is 3. The molecule has 0 aliphatic heterocycles. The number of benzene rings is 3. The van der Waals surface area contributed by atoms with Crippen molar-refractivity contribution < 1.29 is 0 Å². The second-order valence-electron chi connectivity index (χ2n) is 5.66. The highest BCUT2D eigenvalue weighted by atomic mass is 35.5. The van der Waals surface area contributed by atoms with Gasteiger partial charge in [0.25, 0.3) is 0 Å². The molecule has 0 amide bonds. The molecular weight excluding hydrogens is 318 g/mol. The molecule has 3 heteroatoms. The SMILES string of the molecule is C[Si](c1ccccc1)(c1ccccc1)c1cc(Cl)ccc1C#N. The van der Waals surface area contributed by atoms with Crippen LogP contribution in [-0.2, 0) is 0 Å². The number of hydrogen-bond donors (Lipinski definition) is 0. The van der Waals surface area contributed by atoms with Gasteiger partial charge < -0.3 is 0 Å². The van der Waals surface area contributed by atoms with E-state index >= 15 is 0 Å². The zero-order valence-corrected chi connectivity index (χ0v) is 14.6. The van der Waals surface area contributed by atoms with Gasteiger partial charge in [-0.2, -0.15) is 5.26 Å². The smallest absolute Gasteiger partial charge is 0.147 e. The summed E-state index contributed by atoms with van der Waals surface area (Å²) in [6.07, 6.45) is 0. The summed E-state index contributed by atoms with van der Waals surface area (Å²) in [6.45, 7) is 2.28. The van der Waals surface area contributed by atoms with Crippen LogP contribution in [0, 0.1) is 11.3 Å². The molecule has 0 heterocycles. The van der Waals surface area contributed by atoms with Gasteiger partial charge in [0.15, 0.2) is 0 Å². The van der Waals surface area contributed by atoms with Crippen molar-refractivity contribution in [1.29, 1.82) is 5.26 Å². The Balaban J connectivity index is 2.35. The minimum absolute atomic E-state index is 0.671. The van der Waals surface area contributed by atoms with Crippen LogP contribution in [0.25, 0.3) is 0 Å². The Kier molecular flexibility index (Phi) is 4.34. The minimum Gasteiger partial charge on any atom is -0.192 e. The molecule has 0 radical (unpaired) electrons. The molecule has 0 bridgehead atoms. The summed E-state index contributed by atoms with van der Waals surface area (Å²) in [5.74, 6) is 0. The molecule has 0 aromatic heterocycles. The number of hydrogen-bond acceptors (Lipinski definition) is 1. The van der Waals surface area contributed by atoms with Crippen LogP contribution in [-0.4, -0.2) is 8.07 Å². The Morgan fingerprint density at radius 1 is 0.826 bits per heavy atom. The van der Waals surface area contributed by atoms with Crippen molar-refractivity contribution >= 4 is 35.2 Å². The predicted octanol–water partition coefficient (Wildman–Crippen LogP) is 3.31. The van der Waals surface area contributed by atoms with Crippen LogP contribution >= 0.6 is 11.6 Å². The zero-order chi connectivity index (χ0) is 16.3. The van der Waals surface area contributed by atoms with Gasteiger partial charge in [-0.15, -0.1) is 0 Å². The molecule has 23 heavy (non-hydrogen) atoms. The van der Waals surface area contributed by atoms with Crippen molar-refractivity contribution in [3.8, 4) is 6.07 Å². The van der Waals surface area contributed by atoms with E-state index in [1.807, 2.05) is 24.3 Å². The van der Waals surface area contributed by atoms with E-state index in [4.69, 9.17) is 11.6 Å². The summed E-state index contributed by atoms with van der Waals surface area (Å²) in [7, 11) is -2.28. The molecule has 1 nitrogen and oxygen atoms in total. The third-order valence-corrected chi connectivity index (χ3v) is 9.05. The maximum atomic E-state index is 9.60. The van der Waals surface area contributed by atoms with Crippen LogP contribution in [0.4, 0.5) is 0 Å². The van der Waals surface area contributed by atoms with E-state index < -0.39 is 8.07 Å². The highest BCUT2D eigenvalue weighted by molar-refractivity contribution is 7.11. The van der Waals surface area contributed by atoms with Gasteiger partial charge in [0.05, 0.1) is 11.6 Å². The quantitative estimate of drug-likeness (QED) is 0.533. The Labute approximate surface area is 142 Å². The maximum Gasteiger partial charge on any atom is 0.147 e. The molecule has 0 N–H and O–H groups in total. The highest BCUT2D eigenvalue weighted by Gasteiger charge is 2.36. The number of nitrogens with zero attached hydrogens (tertiary/aromatic N) is 1. The van der Waals surface area contributed by atoms with E-state index in [9.17, 15) is 5.26 Å². The lowest BCUT2D eigenvalue weighted by molar-refractivity contribution is 1.49. The molecule has 0 fully saturated rings. The summed E-state index contributed by atoms with van der Waals surface area (Å²) in [5, 5.41) is 13.9. The standard InChI is InChI=1S/C20H16ClNSi/c1-23(18-8-4-2-5-9-18,19-10-6-3-7-11-19)20-14-17(21)13-12-16(20)15-22/h2-14H,1H3. The van der Waals surface area contributed by atoms with Crippen LogP contribution in [0.15, 0.2) is 78.9 Å². The number of halogens is 1. The van der Waals surface area contributed by atoms with Crippen molar-refractivity contribution in [3.05, 3.63) is 89.4 Å². The van der Waals surface area contributed by atoms with Crippen LogP contribution in [0.1, 0.15) is 5.56 Å². The first-order valence-corrected chi connectivity index (χ1v) is 10.3. The average Bonchev–Trinajstić information content (AvgIpc) is 2.62. The number of nitriles is 1. The highest BCUT2D eigenvalue weighted by Crippen LogP contribution is 2.14. The molecular formula is C20H16ClNSi. The molecule has 0 saturated carbocycles. The first-order chi connectivity index (χ1) is 11.2. The summed E-state index contributed by atoms with van der Waals surface area (Å²) in [5.41, 5.74) is 0.705. The van der Waals surface area contributed by atoms with Crippen LogP contribution in [0.2, 0.25) is 11.6 Å². The fraction of sp³-hybridized carbons (Fsp3) is 0.0500. The van der Waals surface area contributed by atoms with Gasteiger partial charge in [0.1, 0.15) is 8.07 Å². The monoisotopic (exact) mass is 333 g/mol. The van der Waals surface area contributed by atoms with E-state index in [2.05, 4.69) is 61.1 Å². The van der Waals surface area contributed by atoms with E-state index in [-0.39, 0.29) is 0 Å². The Hall–Kier alpha value is -2.34. The lowest BCUT2D eigenvalue weighted by Crippen LogP contribution is -2.65. The van der Waals surface area contributed by atoms with E-state index in [1.165, 1.54) is 10.4 Å². The third kappa shape index (κ3) is 2.82. The maximum absolute atomic E-state index is 9.60. The normalized spacial score (nSPS) is 11.0. The summed E-state index contributed by atoms with van der Waals surface area (Å²) < 4.78 is 0. The molecule has 0 saturated heterocycles. The fourth-order valence-electron chi connectivity index (χ4n) is 3.05. The summed E-state index contributed by atoms with van der Waals surface area (Å²) in [4.78, 5) is 0. The predicted molar refractivity (Wildman–Crippen MR) is 99.6 cm³/mol. The largest absolute Gasteiger partial charge is 0.192 e. The van der Waals surface area contributed by atoms with Gasteiger partial charge in [-0.25, -0.2) is 0 Å². The molecule has 3 aromatic rings. The zero-order valence-electron chi connectivity index (χ0n) is 12.8. The second kappa shape index (κ2) is 6.42. The average molecular weight is 334 g/mol. The molecule has 112 valence electrons. The van der Waals surface area contributed by atoms with Gasteiger partial charge in [-0.3, -0.25) is 0 Å². The molecule has 0 aliphatic rings. The van der Waals surface area contributed by atoms with Crippen LogP contribution < -0.4 is 15.6 Å². The Morgan fingerprint density at radius 3 is 1.83 bits per heavy atom. The minimum atomic E-state index is -2.28. The van der Waals surface area contributed by atoms with Crippen molar-refractivity contribution in [2.24, 2.45) is 0 Å². The van der Waals surface area contributed by atoms with Crippen molar-refractivity contribution in [2.75, 3.05) is 0 Å². The van der Waals surface area contributed by atoms with Gasteiger partial charge in [0.2, 0.25) is 0 Å². The van der Waals surface area contributed by atoms with Crippen molar-refractivity contribution in [2.45, 2.75) is 6.55 Å². The van der Waals surface area contributed by atoms with Gasteiger partial charge in [0, 0.05) is 5.02 Å². The van der Waals surface area contributed by atoms with E-state index in [0.717, 1.165) is 5.19 Å². The molecule has 0 spiro atoms. The lowest BCUT2D eigenvalue weighted by Gasteiger charge is -2.30. The lowest BCUT2D eigenvalue weighted by atomic mass is 10.2. The Morgan fingerprint density at radius 2 is 1.35 bits per heavy atom. The second-order valence-corrected chi connectivity index (χ2v) is 10.0. The molecule has 3 aromatic carbocycles. The molecule has 0 unspecified atom stereocenters. The third-order valence-electron chi connectivity index (χ3n) is 4.34. The van der Waals surface area contributed by atoms with Crippen molar-refractivity contribution in [1.82, 2.24) is 0 Å². The topological polar surface area (TPSA) is 23.8 Å². The first kappa shape index (κ1) is 15.5. The van der Waals surface area contributed by atoms with Gasteiger partial charge >= 0.3 is 0 Å². The van der Waals surface area contributed by atoms with Crippen LogP contribution in [0.5, 0.6) is 0 Å². The van der Waals surface area contributed by atoms with Gasteiger partial charge in [-0.05, 0) is 33.8 Å². The Bertz CT molecular complexity index is 814. The molecule has 0 aliphatic carbocycles. The molecule has 3 rings (SSSR count). The van der Waals surface area contributed by atoms with E-state index in [0.29, 0.717) is 10.6 Å².